The molecule has 0 spiro atoms. The first-order valence-electron chi connectivity index (χ1n) is 12.9. The molecule has 0 bridgehead atoms. The van der Waals surface area contributed by atoms with E-state index >= 15 is 0 Å². The lowest BCUT2D eigenvalue weighted by Gasteiger charge is -2.50. The number of carbonyl (C=O) groups excluding carboxylic acids is 3. The van der Waals surface area contributed by atoms with E-state index in [0.717, 1.165) is 12.5 Å². The van der Waals surface area contributed by atoms with Crippen molar-refractivity contribution in [1.82, 2.24) is 20.1 Å². The molecule has 2 saturated heterocycles. The Balaban J connectivity index is 1.31. The van der Waals surface area contributed by atoms with E-state index in [1.54, 1.807) is 24.3 Å². The Bertz CT molecular complexity index is 1290. The molecular weight excluding hydrogens is 494 g/mol. The Morgan fingerprint density at radius 3 is 2.47 bits per heavy atom. The number of carbonyl (C=O) groups is 3. The van der Waals surface area contributed by atoms with Crippen LogP contribution in [0.1, 0.15) is 72.9 Å². The van der Waals surface area contributed by atoms with Crippen molar-refractivity contribution < 1.29 is 28.3 Å². The number of alkyl halides is 2. The number of imide groups is 1. The van der Waals surface area contributed by atoms with Crippen molar-refractivity contribution in [2.75, 3.05) is 13.1 Å². The molecule has 3 amide bonds. The highest BCUT2D eigenvalue weighted by atomic mass is 19.3. The minimum absolute atomic E-state index is 0.0214. The maximum absolute atomic E-state index is 13.5. The predicted octanol–water partition coefficient (Wildman–Crippen LogP) is 3.07. The van der Waals surface area contributed by atoms with Crippen LogP contribution < -0.4 is 5.32 Å². The molecule has 1 aromatic heterocycles. The minimum Gasteiger partial charge on any atom is -0.383 e. The Morgan fingerprint density at radius 1 is 1.13 bits per heavy atom. The van der Waals surface area contributed by atoms with Gasteiger partial charge in [-0.3, -0.25) is 29.6 Å². The van der Waals surface area contributed by atoms with Crippen molar-refractivity contribution in [3.05, 3.63) is 64.5 Å². The zero-order valence-electron chi connectivity index (χ0n) is 21.8. The molecule has 2 unspecified atom stereocenters. The highest BCUT2D eigenvalue weighted by Gasteiger charge is 2.50. The van der Waals surface area contributed by atoms with Gasteiger partial charge in [0.15, 0.2) is 0 Å². The number of hydrogen-bond acceptors (Lipinski definition) is 6. The second-order valence-corrected chi connectivity index (χ2v) is 11.4. The van der Waals surface area contributed by atoms with Crippen LogP contribution in [0, 0.1) is 5.41 Å². The Labute approximate surface area is 220 Å². The van der Waals surface area contributed by atoms with E-state index in [1.165, 1.54) is 17.0 Å². The standard InChI is InChI=1S/C28H32F2N4O4/c1-26(2)16-33(14-17-4-6-18(7-5-17)27(3,29)30)13-12-28(26,38)22-10-8-19-20(31-22)15-34(25(19)37)21-9-11-23(35)32-24(21)36/h4-8,10,21,38H,9,11-16H2,1-3H3,(H,32,35,36). The second kappa shape index (κ2) is 9.20. The molecule has 4 heterocycles. The van der Waals surface area contributed by atoms with Gasteiger partial charge in [0.05, 0.1) is 23.5 Å². The van der Waals surface area contributed by atoms with Gasteiger partial charge in [-0.05, 0) is 30.5 Å². The highest BCUT2D eigenvalue weighted by Crippen LogP contribution is 2.46. The summed E-state index contributed by atoms with van der Waals surface area (Å²) in [5.41, 5.74) is 0.435. The molecule has 1 aromatic carbocycles. The molecule has 8 nitrogen and oxygen atoms in total. The van der Waals surface area contributed by atoms with Crippen molar-refractivity contribution in [1.29, 1.82) is 0 Å². The zero-order valence-corrected chi connectivity index (χ0v) is 21.8. The lowest BCUT2D eigenvalue weighted by molar-refractivity contribution is -0.137. The summed E-state index contributed by atoms with van der Waals surface area (Å²) in [6, 6.07) is 8.96. The van der Waals surface area contributed by atoms with Gasteiger partial charge in [0.25, 0.3) is 11.8 Å². The largest absolute Gasteiger partial charge is 0.383 e. The van der Waals surface area contributed by atoms with Crippen LogP contribution in [0.15, 0.2) is 36.4 Å². The number of rotatable bonds is 5. The van der Waals surface area contributed by atoms with Crippen LogP contribution in [0.2, 0.25) is 0 Å². The molecule has 10 heteroatoms. The van der Waals surface area contributed by atoms with Crippen molar-refractivity contribution in [3.8, 4) is 0 Å². The third-order valence-electron chi connectivity index (χ3n) is 8.19. The van der Waals surface area contributed by atoms with Crippen molar-refractivity contribution in [2.24, 2.45) is 5.41 Å². The summed E-state index contributed by atoms with van der Waals surface area (Å²) >= 11 is 0. The maximum atomic E-state index is 13.5. The number of piperidine rings is 2. The summed E-state index contributed by atoms with van der Waals surface area (Å²) in [7, 11) is 0. The minimum atomic E-state index is -2.88. The van der Waals surface area contributed by atoms with E-state index in [9.17, 15) is 28.3 Å². The normalized spacial score (nSPS) is 25.9. The fraction of sp³-hybridized carbons (Fsp3) is 0.500. The van der Waals surface area contributed by atoms with Crippen LogP contribution >= 0.6 is 0 Å². The highest BCUT2D eigenvalue weighted by molar-refractivity contribution is 6.05. The van der Waals surface area contributed by atoms with E-state index in [4.69, 9.17) is 4.98 Å². The SMILES string of the molecule is CC(F)(F)c1ccc(CN2CCC(O)(c3ccc4c(n3)CN(C3CCC(=O)NC3=O)C4=O)C(C)(C)C2)cc1. The van der Waals surface area contributed by atoms with Gasteiger partial charge in [-0.25, -0.2) is 8.78 Å². The molecule has 202 valence electrons. The number of aliphatic hydroxyl groups is 1. The van der Waals surface area contributed by atoms with E-state index < -0.39 is 28.9 Å². The summed E-state index contributed by atoms with van der Waals surface area (Å²) in [5, 5.41) is 14.2. The van der Waals surface area contributed by atoms with Crippen LogP contribution in [-0.2, 0) is 34.2 Å². The maximum Gasteiger partial charge on any atom is 0.270 e. The van der Waals surface area contributed by atoms with Crippen LogP contribution in [-0.4, -0.2) is 56.7 Å². The smallest absolute Gasteiger partial charge is 0.270 e. The first-order chi connectivity index (χ1) is 17.8. The Kier molecular flexibility index (Phi) is 6.38. The first kappa shape index (κ1) is 26.4. The average Bonchev–Trinajstić information content (AvgIpc) is 3.16. The summed E-state index contributed by atoms with van der Waals surface area (Å²) in [5.74, 6) is -4.01. The lowest BCUT2D eigenvalue weighted by Crippen LogP contribution is -2.55. The Morgan fingerprint density at radius 2 is 1.84 bits per heavy atom. The van der Waals surface area contributed by atoms with E-state index in [1.807, 2.05) is 13.8 Å². The number of halogens is 2. The molecule has 38 heavy (non-hydrogen) atoms. The van der Waals surface area contributed by atoms with Gasteiger partial charge >= 0.3 is 0 Å². The quantitative estimate of drug-likeness (QED) is 0.581. The van der Waals surface area contributed by atoms with Gasteiger partial charge < -0.3 is 10.0 Å². The molecule has 2 fully saturated rings. The first-order valence-corrected chi connectivity index (χ1v) is 12.9. The number of pyridine rings is 1. The van der Waals surface area contributed by atoms with Gasteiger partial charge in [0.1, 0.15) is 11.6 Å². The van der Waals surface area contributed by atoms with Gasteiger partial charge in [0, 0.05) is 44.0 Å². The van der Waals surface area contributed by atoms with Crippen LogP contribution in [0.4, 0.5) is 8.78 Å². The summed E-state index contributed by atoms with van der Waals surface area (Å²) in [6.45, 7) is 6.66. The molecule has 0 saturated carbocycles. The number of nitrogens with one attached hydrogen (secondary N) is 1. The summed E-state index contributed by atoms with van der Waals surface area (Å²) in [6.07, 6.45) is 0.851. The molecule has 2 N–H and O–H groups in total. The van der Waals surface area contributed by atoms with Gasteiger partial charge in [-0.1, -0.05) is 38.1 Å². The van der Waals surface area contributed by atoms with Gasteiger partial charge in [-0.15, -0.1) is 0 Å². The number of fused-ring (bicyclic) bond motifs is 1. The molecule has 0 aliphatic carbocycles. The van der Waals surface area contributed by atoms with Crippen LogP contribution in [0.25, 0.3) is 0 Å². The van der Waals surface area contributed by atoms with Crippen molar-refractivity contribution in [2.45, 2.75) is 70.7 Å². The van der Waals surface area contributed by atoms with E-state index in [2.05, 4.69) is 10.2 Å². The number of nitrogens with zero attached hydrogens (tertiary/aromatic N) is 3. The topological polar surface area (TPSA) is 103 Å². The number of amides is 3. The molecule has 3 aliphatic heterocycles. The monoisotopic (exact) mass is 526 g/mol. The lowest BCUT2D eigenvalue weighted by atomic mass is 9.68. The molecule has 2 atom stereocenters. The van der Waals surface area contributed by atoms with Crippen LogP contribution in [0.3, 0.4) is 0 Å². The number of aromatic nitrogens is 1. The third kappa shape index (κ3) is 4.60. The fourth-order valence-electron chi connectivity index (χ4n) is 5.86. The van der Waals surface area contributed by atoms with Gasteiger partial charge in [-0.2, -0.15) is 0 Å². The molecule has 0 radical (unpaired) electrons. The third-order valence-corrected chi connectivity index (χ3v) is 8.19. The van der Waals surface area contributed by atoms with Gasteiger partial charge in [0.2, 0.25) is 11.8 Å². The molecule has 3 aliphatic rings. The van der Waals surface area contributed by atoms with Crippen LogP contribution in [0.5, 0.6) is 0 Å². The molecule has 5 rings (SSSR count). The zero-order chi connectivity index (χ0) is 27.5. The van der Waals surface area contributed by atoms with E-state index in [0.29, 0.717) is 43.0 Å². The van der Waals surface area contributed by atoms with E-state index in [-0.39, 0.29) is 36.8 Å². The average molecular weight is 527 g/mol. The van der Waals surface area contributed by atoms with Crippen molar-refractivity contribution in [3.63, 3.8) is 0 Å². The number of likely N-dealkylation sites (tertiary alicyclic amines) is 1. The summed E-state index contributed by atoms with van der Waals surface area (Å²) in [4.78, 5) is 45.2. The van der Waals surface area contributed by atoms with Crippen molar-refractivity contribution >= 4 is 17.7 Å². The molecular formula is C28H32F2N4O4. The predicted molar refractivity (Wildman–Crippen MR) is 134 cm³/mol. The Hall–Kier alpha value is -3.24. The molecule has 2 aromatic rings. The summed E-state index contributed by atoms with van der Waals surface area (Å²) < 4.78 is 27.1. The number of benzene rings is 1. The fourth-order valence-corrected chi connectivity index (χ4v) is 5.86. The number of hydrogen-bond donors (Lipinski definition) is 2. The second-order valence-electron chi connectivity index (χ2n) is 11.4.